The van der Waals surface area contributed by atoms with Crippen LogP contribution in [-0.4, -0.2) is 28.4 Å². The highest BCUT2D eigenvalue weighted by atomic mass is 32.2. The first-order valence-electron chi connectivity index (χ1n) is 8.26. The van der Waals surface area contributed by atoms with Crippen molar-refractivity contribution in [3.05, 3.63) is 69.8 Å². The molecule has 2 rings (SSSR count). The van der Waals surface area contributed by atoms with Crippen LogP contribution >= 0.6 is 23.5 Å². The maximum absolute atomic E-state index is 12.2. The predicted octanol–water partition coefficient (Wildman–Crippen LogP) is 4.00. The van der Waals surface area contributed by atoms with Crippen LogP contribution in [0.2, 0.25) is 0 Å². The Labute approximate surface area is 166 Å². The molecule has 27 heavy (non-hydrogen) atoms. The molecule has 0 unspecified atom stereocenters. The molecular formula is C19H19N3O3S2. The van der Waals surface area contributed by atoms with Gasteiger partial charge in [-0.25, -0.2) is 0 Å². The number of rotatable bonds is 9. The number of nitrogens with zero attached hydrogens (tertiary/aromatic N) is 2. The van der Waals surface area contributed by atoms with Crippen molar-refractivity contribution in [2.45, 2.75) is 22.8 Å². The molecule has 140 valence electrons. The highest BCUT2D eigenvalue weighted by molar-refractivity contribution is 8.00. The van der Waals surface area contributed by atoms with Crippen molar-refractivity contribution in [2.24, 2.45) is 0 Å². The van der Waals surface area contributed by atoms with Crippen molar-refractivity contribution in [3.63, 3.8) is 0 Å². The van der Waals surface area contributed by atoms with Gasteiger partial charge in [0.05, 0.1) is 21.8 Å². The number of thioether (sulfide) groups is 2. The quantitative estimate of drug-likeness (QED) is 0.295. The summed E-state index contributed by atoms with van der Waals surface area (Å²) in [5, 5.41) is 22.3. The van der Waals surface area contributed by atoms with Gasteiger partial charge in [0, 0.05) is 35.1 Å². The van der Waals surface area contributed by atoms with E-state index in [1.807, 2.05) is 18.2 Å². The summed E-state index contributed by atoms with van der Waals surface area (Å²) in [5.41, 5.74) is 1.71. The van der Waals surface area contributed by atoms with E-state index >= 15 is 0 Å². The second-order valence-corrected chi connectivity index (χ2v) is 8.14. The second kappa shape index (κ2) is 10.6. The zero-order valence-electron chi connectivity index (χ0n) is 14.8. The first-order chi connectivity index (χ1) is 13.0. The Hall–Kier alpha value is -2.50. The zero-order valence-corrected chi connectivity index (χ0v) is 16.4. The number of nitro groups is 1. The van der Waals surface area contributed by atoms with E-state index in [9.17, 15) is 14.9 Å². The van der Waals surface area contributed by atoms with Gasteiger partial charge in [0.2, 0.25) is 5.91 Å². The number of hydrogen-bond donors (Lipinski definition) is 1. The van der Waals surface area contributed by atoms with Crippen LogP contribution in [0.4, 0.5) is 5.69 Å². The molecule has 0 bridgehead atoms. The third-order valence-corrected chi connectivity index (χ3v) is 5.79. The molecule has 0 saturated heterocycles. The second-order valence-electron chi connectivity index (χ2n) is 5.62. The van der Waals surface area contributed by atoms with Crippen molar-refractivity contribution in [1.82, 2.24) is 5.32 Å². The largest absolute Gasteiger partial charge is 0.354 e. The van der Waals surface area contributed by atoms with E-state index in [1.54, 1.807) is 36.9 Å². The Bertz CT molecular complexity index is 835. The maximum Gasteiger partial charge on any atom is 0.269 e. The summed E-state index contributed by atoms with van der Waals surface area (Å²) in [6, 6.07) is 15.8. The molecule has 1 N–H and O–H groups in total. The molecule has 0 aliphatic heterocycles. The molecule has 0 heterocycles. The SMILES string of the molecule is C[C@H](Sc1ccc([N+](=O)[O-])cc1)C(=O)NCCSCc1ccccc1C#N. The molecule has 0 saturated carbocycles. The van der Waals surface area contributed by atoms with E-state index in [4.69, 9.17) is 5.26 Å². The van der Waals surface area contributed by atoms with E-state index in [-0.39, 0.29) is 16.8 Å². The summed E-state index contributed by atoms with van der Waals surface area (Å²) in [4.78, 5) is 23.2. The Morgan fingerprint density at radius 1 is 1.26 bits per heavy atom. The predicted molar refractivity (Wildman–Crippen MR) is 109 cm³/mol. The highest BCUT2D eigenvalue weighted by Gasteiger charge is 2.14. The minimum absolute atomic E-state index is 0.0338. The lowest BCUT2D eigenvalue weighted by Crippen LogP contribution is -2.32. The Morgan fingerprint density at radius 3 is 2.63 bits per heavy atom. The Kier molecular flexibility index (Phi) is 8.17. The molecule has 0 aliphatic rings. The summed E-state index contributed by atoms with van der Waals surface area (Å²) in [6.45, 7) is 2.35. The molecule has 0 aromatic heterocycles. The number of benzene rings is 2. The summed E-state index contributed by atoms with van der Waals surface area (Å²) in [6.07, 6.45) is 0. The number of non-ortho nitro benzene ring substituents is 1. The van der Waals surface area contributed by atoms with Crippen LogP contribution < -0.4 is 5.32 Å². The number of nitro benzene ring substituents is 1. The van der Waals surface area contributed by atoms with Gasteiger partial charge < -0.3 is 5.32 Å². The van der Waals surface area contributed by atoms with Crippen molar-refractivity contribution in [3.8, 4) is 6.07 Å². The molecule has 2 aromatic carbocycles. The number of hydrogen-bond acceptors (Lipinski definition) is 6. The molecule has 1 amide bonds. The minimum atomic E-state index is -0.447. The average Bonchev–Trinajstić information content (AvgIpc) is 2.68. The molecule has 0 aliphatic carbocycles. The standard InChI is InChI=1S/C19H19N3O3S2/c1-14(27-18-8-6-17(7-9-18)22(24)25)19(23)21-10-11-26-13-16-5-3-2-4-15(16)12-20/h2-9,14H,10-11,13H2,1H3,(H,21,23)/t14-/m0/s1. The van der Waals surface area contributed by atoms with Crippen LogP contribution in [0.15, 0.2) is 53.4 Å². The molecule has 0 spiro atoms. The van der Waals surface area contributed by atoms with Crippen molar-refractivity contribution in [2.75, 3.05) is 12.3 Å². The van der Waals surface area contributed by atoms with E-state index in [0.717, 1.165) is 22.0 Å². The minimum Gasteiger partial charge on any atom is -0.354 e. The van der Waals surface area contributed by atoms with Gasteiger partial charge in [-0.1, -0.05) is 18.2 Å². The summed E-state index contributed by atoms with van der Waals surface area (Å²) in [5.74, 6) is 1.41. The van der Waals surface area contributed by atoms with Crippen LogP contribution in [0.1, 0.15) is 18.1 Å². The van der Waals surface area contributed by atoms with Crippen LogP contribution in [-0.2, 0) is 10.5 Å². The normalized spacial score (nSPS) is 11.4. The van der Waals surface area contributed by atoms with Crippen molar-refractivity contribution in [1.29, 1.82) is 5.26 Å². The lowest BCUT2D eigenvalue weighted by molar-refractivity contribution is -0.384. The van der Waals surface area contributed by atoms with E-state index in [0.29, 0.717) is 12.1 Å². The molecule has 8 heteroatoms. The molecule has 1 atom stereocenters. The maximum atomic E-state index is 12.2. The third kappa shape index (κ3) is 6.62. The van der Waals surface area contributed by atoms with Crippen LogP contribution in [0.3, 0.4) is 0 Å². The topological polar surface area (TPSA) is 96.0 Å². The molecule has 2 aromatic rings. The third-order valence-electron chi connectivity index (χ3n) is 3.67. The molecule has 0 radical (unpaired) electrons. The van der Waals surface area contributed by atoms with Gasteiger partial charge in [-0.3, -0.25) is 14.9 Å². The van der Waals surface area contributed by atoms with Gasteiger partial charge in [-0.15, -0.1) is 11.8 Å². The van der Waals surface area contributed by atoms with Gasteiger partial charge in [-0.05, 0) is 30.7 Å². The first-order valence-corrected chi connectivity index (χ1v) is 10.3. The van der Waals surface area contributed by atoms with Crippen molar-refractivity contribution >= 4 is 35.1 Å². The monoisotopic (exact) mass is 401 g/mol. The number of amides is 1. The van der Waals surface area contributed by atoms with E-state index in [1.165, 1.54) is 23.9 Å². The number of carbonyl (C=O) groups is 1. The summed E-state index contributed by atoms with van der Waals surface area (Å²) < 4.78 is 0. The Morgan fingerprint density at radius 2 is 1.96 bits per heavy atom. The van der Waals surface area contributed by atoms with Crippen LogP contribution in [0, 0.1) is 21.4 Å². The molecule has 6 nitrogen and oxygen atoms in total. The van der Waals surface area contributed by atoms with Crippen molar-refractivity contribution < 1.29 is 9.72 Å². The fraction of sp³-hybridized carbons (Fsp3) is 0.263. The smallest absolute Gasteiger partial charge is 0.269 e. The van der Waals surface area contributed by atoms with Crippen LogP contribution in [0.25, 0.3) is 0 Å². The Balaban J connectivity index is 1.70. The molecular weight excluding hydrogens is 382 g/mol. The lowest BCUT2D eigenvalue weighted by atomic mass is 10.1. The fourth-order valence-corrected chi connectivity index (χ4v) is 3.99. The van der Waals surface area contributed by atoms with E-state index in [2.05, 4.69) is 11.4 Å². The van der Waals surface area contributed by atoms with Crippen LogP contribution in [0.5, 0.6) is 0 Å². The van der Waals surface area contributed by atoms with Gasteiger partial charge >= 0.3 is 0 Å². The number of carbonyl (C=O) groups excluding carboxylic acids is 1. The van der Waals surface area contributed by atoms with E-state index < -0.39 is 4.92 Å². The van der Waals surface area contributed by atoms with Gasteiger partial charge in [-0.2, -0.15) is 17.0 Å². The lowest BCUT2D eigenvalue weighted by Gasteiger charge is -2.12. The average molecular weight is 402 g/mol. The number of nitriles is 1. The molecule has 0 fully saturated rings. The highest BCUT2D eigenvalue weighted by Crippen LogP contribution is 2.25. The zero-order chi connectivity index (χ0) is 19.6. The number of nitrogens with one attached hydrogen (secondary N) is 1. The first kappa shape index (κ1) is 20.8. The van der Waals surface area contributed by atoms with Gasteiger partial charge in [0.1, 0.15) is 0 Å². The van der Waals surface area contributed by atoms with Gasteiger partial charge in [0.25, 0.3) is 5.69 Å². The van der Waals surface area contributed by atoms with Gasteiger partial charge in [0.15, 0.2) is 0 Å². The fourth-order valence-electron chi connectivity index (χ4n) is 2.23. The summed E-state index contributed by atoms with van der Waals surface area (Å²) in [7, 11) is 0. The summed E-state index contributed by atoms with van der Waals surface area (Å²) >= 11 is 3.02.